The quantitative estimate of drug-likeness (QED) is 0.837. The first kappa shape index (κ1) is 17.4. The summed E-state index contributed by atoms with van der Waals surface area (Å²) in [5, 5.41) is 1.02. The number of benzene rings is 1. The van der Waals surface area contributed by atoms with Crippen LogP contribution in [0.2, 0.25) is 0 Å². The molecule has 0 bridgehead atoms. The fourth-order valence-electron chi connectivity index (χ4n) is 4.55. The lowest BCUT2D eigenvalue weighted by Gasteiger charge is -2.28. The SMILES string of the molecule is COc1ccc2c(c1)c(C(=O)N1CCOCC1)c(C)n2C1CCCCC1. The second-order valence-electron chi connectivity index (χ2n) is 7.41. The summed E-state index contributed by atoms with van der Waals surface area (Å²) in [6, 6.07) is 6.64. The van der Waals surface area contributed by atoms with Gasteiger partial charge in [0.05, 0.1) is 25.9 Å². The molecule has 1 saturated heterocycles. The number of nitrogens with zero attached hydrogens (tertiary/aromatic N) is 2. The van der Waals surface area contributed by atoms with Gasteiger partial charge in [0.25, 0.3) is 5.91 Å². The van der Waals surface area contributed by atoms with E-state index in [4.69, 9.17) is 9.47 Å². The lowest BCUT2D eigenvalue weighted by Crippen LogP contribution is -2.40. The molecule has 2 heterocycles. The summed E-state index contributed by atoms with van der Waals surface area (Å²) in [5.41, 5.74) is 3.09. The number of aromatic nitrogens is 1. The fourth-order valence-corrected chi connectivity index (χ4v) is 4.55. The molecule has 5 nitrogen and oxygen atoms in total. The molecule has 1 saturated carbocycles. The van der Waals surface area contributed by atoms with Crippen LogP contribution in [0.25, 0.3) is 10.9 Å². The van der Waals surface area contributed by atoms with Crippen LogP contribution >= 0.6 is 0 Å². The second-order valence-corrected chi connectivity index (χ2v) is 7.41. The van der Waals surface area contributed by atoms with Crippen molar-refractivity contribution < 1.29 is 14.3 Å². The minimum absolute atomic E-state index is 0.124. The average Bonchev–Trinajstić information content (AvgIpc) is 2.99. The molecule has 2 aliphatic rings. The number of fused-ring (bicyclic) bond motifs is 1. The summed E-state index contributed by atoms with van der Waals surface area (Å²) in [6.45, 7) is 4.68. The van der Waals surface area contributed by atoms with E-state index in [1.165, 1.54) is 32.1 Å². The molecule has 0 N–H and O–H groups in total. The van der Waals surface area contributed by atoms with Crippen molar-refractivity contribution in [3.8, 4) is 5.75 Å². The zero-order valence-electron chi connectivity index (χ0n) is 15.8. The van der Waals surface area contributed by atoms with Gasteiger partial charge in [0.2, 0.25) is 0 Å². The highest BCUT2D eigenvalue weighted by Gasteiger charge is 2.28. The van der Waals surface area contributed by atoms with Crippen molar-refractivity contribution in [1.82, 2.24) is 9.47 Å². The topological polar surface area (TPSA) is 43.7 Å². The van der Waals surface area contributed by atoms with Gasteiger partial charge in [-0.3, -0.25) is 4.79 Å². The number of hydrogen-bond acceptors (Lipinski definition) is 3. The Morgan fingerprint density at radius 1 is 1.15 bits per heavy atom. The van der Waals surface area contributed by atoms with Gasteiger partial charge < -0.3 is 18.9 Å². The zero-order chi connectivity index (χ0) is 18.1. The van der Waals surface area contributed by atoms with Crippen LogP contribution in [0.5, 0.6) is 5.75 Å². The summed E-state index contributed by atoms with van der Waals surface area (Å²) in [5.74, 6) is 0.924. The van der Waals surface area contributed by atoms with Gasteiger partial charge in [-0.1, -0.05) is 19.3 Å². The summed E-state index contributed by atoms with van der Waals surface area (Å²) in [7, 11) is 1.68. The number of hydrogen-bond donors (Lipinski definition) is 0. The van der Waals surface area contributed by atoms with Gasteiger partial charge in [0.15, 0.2) is 0 Å². The molecule has 2 aromatic rings. The Bertz CT molecular complexity index is 799. The highest BCUT2D eigenvalue weighted by molar-refractivity contribution is 6.08. The van der Waals surface area contributed by atoms with Crippen LogP contribution in [-0.2, 0) is 4.74 Å². The van der Waals surface area contributed by atoms with Crippen LogP contribution in [0, 0.1) is 6.92 Å². The van der Waals surface area contributed by atoms with E-state index in [-0.39, 0.29) is 5.91 Å². The van der Waals surface area contributed by atoms with Crippen molar-refractivity contribution in [2.45, 2.75) is 45.1 Å². The van der Waals surface area contributed by atoms with E-state index in [0.29, 0.717) is 32.3 Å². The van der Waals surface area contributed by atoms with Gasteiger partial charge >= 0.3 is 0 Å². The van der Waals surface area contributed by atoms with Crippen molar-refractivity contribution in [2.24, 2.45) is 0 Å². The number of ether oxygens (including phenoxy) is 2. The van der Waals surface area contributed by atoms with E-state index in [1.54, 1.807) is 7.11 Å². The van der Waals surface area contributed by atoms with Crippen LogP contribution in [0.4, 0.5) is 0 Å². The average molecular weight is 356 g/mol. The van der Waals surface area contributed by atoms with E-state index in [0.717, 1.165) is 27.9 Å². The lowest BCUT2D eigenvalue weighted by molar-refractivity contribution is 0.0303. The van der Waals surface area contributed by atoms with Crippen molar-refractivity contribution in [2.75, 3.05) is 33.4 Å². The molecule has 2 fully saturated rings. The Morgan fingerprint density at radius 2 is 1.88 bits per heavy atom. The molecule has 0 unspecified atom stereocenters. The fraction of sp³-hybridized carbons (Fsp3) is 0.571. The maximum atomic E-state index is 13.3. The summed E-state index contributed by atoms with van der Waals surface area (Å²) >= 11 is 0. The largest absolute Gasteiger partial charge is 0.497 e. The number of carbonyl (C=O) groups excluding carboxylic acids is 1. The molecule has 1 aromatic heterocycles. The number of carbonyl (C=O) groups is 1. The van der Waals surface area contributed by atoms with Gasteiger partial charge in [-0.05, 0) is 38.0 Å². The van der Waals surface area contributed by atoms with Crippen LogP contribution < -0.4 is 4.74 Å². The molecule has 4 rings (SSSR count). The third-order valence-corrected chi connectivity index (χ3v) is 5.91. The summed E-state index contributed by atoms with van der Waals surface area (Å²) in [4.78, 5) is 15.3. The van der Waals surface area contributed by atoms with Crippen molar-refractivity contribution in [3.63, 3.8) is 0 Å². The predicted octanol–water partition coefficient (Wildman–Crippen LogP) is 3.94. The zero-order valence-corrected chi connectivity index (χ0v) is 15.8. The van der Waals surface area contributed by atoms with Gasteiger partial charge in [-0.2, -0.15) is 0 Å². The normalized spacial score (nSPS) is 19.1. The van der Waals surface area contributed by atoms with Crippen LogP contribution in [0.3, 0.4) is 0 Å². The second kappa shape index (κ2) is 7.31. The molecule has 140 valence electrons. The first-order chi connectivity index (χ1) is 12.7. The molecule has 1 amide bonds. The Hall–Kier alpha value is -2.01. The lowest BCUT2D eigenvalue weighted by atomic mass is 9.95. The maximum absolute atomic E-state index is 13.3. The van der Waals surface area contributed by atoms with Gasteiger partial charge in [-0.25, -0.2) is 0 Å². The first-order valence-electron chi connectivity index (χ1n) is 9.76. The van der Waals surface area contributed by atoms with E-state index < -0.39 is 0 Å². The van der Waals surface area contributed by atoms with Crippen LogP contribution in [-0.4, -0.2) is 48.8 Å². The molecule has 0 radical (unpaired) electrons. The highest BCUT2D eigenvalue weighted by atomic mass is 16.5. The van der Waals surface area contributed by atoms with Crippen molar-refractivity contribution in [3.05, 3.63) is 29.5 Å². The third kappa shape index (κ3) is 2.98. The Labute approximate surface area is 154 Å². The van der Waals surface area contributed by atoms with Crippen molar-refractivity contribution in [1.29, 1.82) is 0 Å². The Balaban J connectivity index is 1.84. The first-order valence-corrected chi connectivity index (χ1v) is 9.76. The number of morpholine rings is 1. The molecule has 26 heavy (non-hydrogen) atoms. The molecule has 0 spiro atoms. The van der Waals surface area contributed by atoms with Gasteiger partial charge in [-0.15, -0.1) is 0 Å². The van der Waals surface area contributed by atoms with E-state index in [2.05, 4.69) is 17.6 Å². The molecule has 1 aliphatic carbocycles. The van der Waals surface area contributed by atoms with E-state index in [9.17, 15) is 4.79 Å². The summed E-state index contributed by atoms with van der Waals surface area (Å²) < 4.78 is 13.3. The number of methoxy groups -OCH3 is 1. The standard InChI is InChI=1S/C21H28N2O3/c1-15-20(21(24)22-10-12-26-13-11-22)18-14-17(25-2)8-9-19(18)23(15)16-6-4-3-5-7-16/h8-9,14,16H,3-7,10-13H2,1-2H3. The minimum Gasteiger partial charge on any atom is -0.497 e. The van der Waals surface area contributed by atoms with Crippen LogP contribution in [0.1, 0.15) is 54.2 Å². The molecular formula is C21H28N2O3. The van der Waals surface area contributed by atoms with Crippen molar-refractivity contribution >= 4 is 16.8 Å². The summed E-state index contributed by atoms with van der Waals surface area (Å²) in [6.07, 6.45) is 6.26. The predicted molar refractivity (Wildman–Crippen MR) is 102 cm³/mol. The van der Waals surface area contributed by atoms with Crippen LogP contribution in [0.15, 0.2) is 18.2 Å². The third-order valence-electron chi connectivity index (χ3n) is 5.91. The smallest absolute Gasteiger partial charge is 0.256 e. The van der Waals surface area contributed by atoms with E-state index in [1.807, 2.05) is 17.0 Å². The monoisotopic (exact) mass is 356 g/mol. The molecule has 5 heteroatoms. The molecule has 1 aromatic carbocycles. The molecular weight excluding hydrogens is 328 g/mol. The Kier molecular flexibility index (Phi) is 4.90. The van der Waals surface area contributed by atoms with Gasteiger partial charge in [0, 0.05) is 35.7 Å². The van der Waals surface area contributed by atoms with Gasteiger partial charge in [0.1, 0.15) is 5.75 Å². The Morgan fingerprint density at radius 3 is 2.58 bits per heavy atom. The molecule has 0 atom stereocenters. The molecule has 1 aliphatic heterocycles. The maximum Gasteiger partial charge on any atom is 0.256 e. The number of amides is 1. The highest BCUT2D eigenvalue weighted by Crippen LogP contribution is 2.37. The minimum atomic E-state index is 0.124. The van der Waals surface area contributed by atoms with E-state index >= 15 is 0 Å². The number of rotatable bonds is 3.